The lowest BCUT2D eigenvalue weighted by Gasteiger charge is -2.23. The van der Waals surface area contributed by atoms with Crippen LogP contribution in [0.3, 0.4) is 0 Å². The Morgan fingerprint density at radius 2 is 2.16 bits per heavy atom. The first kappa shape index (κ1) is 15.8. The van der Waals surface area contributed by atoms with Crippen LogP contribution < -0.4 is 5.32 Å². The zero-order valence-corrected chi connectivity index (χ0v) is 12.0. The van der Waals surface area contributed by atoms with E-state index in [0.29, 0.717) is 25.4 Å². The summed E-state index contributed by atoms with van der Waals surface area (Å²) in [4.78, 5) is 24.5. The smallest absolute Gasteiger partial charge is 0.326 e. The Labute approximate surface area is 115 Å². The Hall–Kier alpha value is -1.26. The number of nitrogens with one attached hydrogen (secondary N) is 1. The number of nitrogens with zero attached hydrogens (tertiary/aromatic N) is 1. The second kappa shape index (κ2) is 8.02. The highest BCUT2D eigenvalue weighted by molar-refractivity contribution is 5.83. The van der Waals surface area contributed by atoms with Gasteiger partial charge in [-0.3, -0.25) is 0 Å². The number of carboxylic acids is 1. The Morgan fingerprint density at radius 1 is 1.42 bits per heavy atom. The molecule has 1 aliphatic heterocycles. The molecule has 0 aromatic heterocycles. The van der Waals surface area contributed by atoms with E-state index in [1.807, 2.05) is 0 Å². The van der Waals surface area contributed by atoms with Crippen molar-refractivity contribution in [3.63, 3.8) is 0 Å². The molecular weight excluding hydrogens is 244 g/mol. The average molecular weight is 270 g/mol. The van der Waals surface area contributed by atoms with E-state index < -0.39 is 12.0 Å². The fraction of sp³-hybridized carbons (Fsp3) is 0.857. The molecule has 2 amide bonds. The van der Waals surface area contributed by atoms with Gasteiger partial charge in [-0.15, -0.1) is 0 Å². The van der Waals surface area contributed by atoms with Crippen LogP contribution in [-0.4, -0.2) is 41.1 Å². The van der Waals surface area contributed by atoms with E-state index in [9.17, 15) is 9.59 Å². The lowest BCUT2D eigenvalue weighted by atomic mass is 9.99. The number of urea groups is 1. The number of amides is 2. The largest absolute Gasteiger partial charge is 0.480 e. The minimum atomic E-state index is -0.898. The summed E-state index contributed by atoms with van der Waals surface area (Å²) >= 11 is 0. The second-order valence-corrected chi connectivity index (χ2v) is 5.29. The van der Waals surface area contributed by atoms with E-state index in [2.05, 4.69) is 19.2 Å². The van der Waals surface area contributed by atoms with Crippen molar-refractivity contribution in [3.8, 4) is 0 Å². The Balaban J connectivity index is 2.39. The van der Waals surface area contributed by atoms with Crippen molar-refractivity contribution >= 4 is 12.0 Å². The highest BCUT2D eigenvalue weighted by atomic mass is 16.4. The molecule has 1 aliphatic rings. The first-order valence-electron chi connectivity index (χ1n) is 7.37. The van der Waals surface area contributed by atoms with Gasteiger partial charge in [0.05, 0.1) is 0 Å². The Kier molecular flexibility index (Phi) is 6.67. The minimum Gasteiger partial charge on any atom is -0.480 e. The second-order valence-electron chi connectivity index (χ2n) is 5.29. The van der Waals surface area contributed by atoms with Gasteiger partial charge >= 0.3 is 12.0 Å². The molecule has 1 unspecified atom stereocenters. The van der Waals surface area contributed by atoms with Gasteiger partial charge in [0.25, 0.3) is 0 Å². The third-order valence-electron chi connectivity index (χ3n) is 3.88. The van der Waals surface area contributed by atoms with Gasteiger partial charge in [-0.1, -0.05) is 33.1 Å². The summed E-state index contributed by atoms with van der Waals surface area (Å²) in [6.07, 6.45) is 5.85. The van der Waals surface area contributed by atoms with Crippen LogP contribution in [0.25, 0.3) is 0 Å². The van der Waals surface area contributed by atoms with Gasteiger partial charge in [0, 0.05) is 13.1 Å². The molecule has 1 fully saturated rings. The summed E-state index contributed by atoms with van der Waals surface area (Å²) in [7, 11) is 0. The van der Waals surface area contributed by atoms with E-state index in [1.165, 1.54) is 11.3 Å². The van der Waals surface area contributed by atoms with E-state index in [0.717, 1.165) is 25.7 Å². The first-order chi connectivity index (χ1) is 9.10. The van der Waals surface area contributed by atoms with E-state index in [1.54, 1.807) is 0 Å². The molecule has 0 saturated carbocycles. The SMILES string of the molecule is CCCCC(CC)CNC(=O)N1CCC[C@@H]1C(=O)O. The quantitative estimate of drug-likeness (QED) is 0.746. The molecule has 1 saturated heterocycles. The topological polar surface area (TPSA) is 69.6 Å². The number of hydrogen-bond donors (Lipinski definition) is 2. The summed E-state index contributed by atoms with van der Waals surface area (Å²) < 4.78 is 0. The summed E-state index contributed by atoms with van der Waals surface area (Å²) in [5.74, 6) is -0.402. The van der Waals surface area contributed by atoms with Crippen LogP contribution in [0.5, 0.6) is 0 Å². The number of aliphatic carboxylic acids is 1. The van der Waals surface area contributed by atoms with Crippen LogP contribution >= 0.6 is 0 Å². The van der Waals surface area contributed by atoms with Crippen LogP contribution in [0.15, 0.2) is 0 Å². The van der Waals surface area contributed by atoms with Crippen molar-refractivity contribution in [2.24, 2.45) is 5.92 Å². The number of hydrogen-bond acceptors (Lipinski definition) is 2. The predicted octanol–water partition coefficient (Wildman–Crippen LogP) is 2.46. The molecule has 5 heteroatoms. The standard InChI is InChI=1S/C14H26N2O3/c1-3-5-7-11(4-2)10-15-14(19)16-9-6-8-12(16)13(17)18/h11-12H,3-10H2,1-2H3,(H,15,19)(H,17,18)/t11?,12-/m1/s1. The molecule has 0 radical (unpaired) electrons. The van der Waals surface area contributed by atoms with Gasteiger partial charge in [-0.2, -0.15) is 0 Å². The maximum absolute atomic E-state index is 12.0. The van der Waals surface area contributed by atoms with Gasteiger partial charge < -0.3 is 15.3 Å². The van der Waals surface area contributed by atoms with Crippen molar-refractivity contribution in [2.75, 3.05) is 13.1 Å². The van der Waals surface area contributed by atoms with Crippen molar-refractivity contribution in [2.45, 2.75) is 58.4 Å². The molecule has 19 heavy (non-hydrogen) atoms. The summed E-state index contributed by atoms with van der Waals surface area (Å²) in [6.45, 7) is 5.49. The van der Waals surface area contributed by atoms with Gasteiger partial charge in [-0.25, -0.2) is 9.59 Å². The third kappa shape index (κ3) is 4.73. The fourth-order valence-corrected chi connectivity index (χ4v) is 2.54. The molecular formula is C14H26N2O3. The van der Waals surface area contributed by atoms with E-state index in [4.69, 9.17) is 5.11 Å². The molecule has 0 aromatic carbocycles. The number of carbonyl (C=O) groups excluding carboxylic acids is 1. The molecule has 5 nitrogen and oxygen atoms in total. The maximum Gasteiger partial charge on any atom is 0.326 e. The lowest BCUT2D eigenvalue weighted by Crippen LogP contribution is -2.47. The monoisotopic (exact) mass is 270 g/mol. The third-order valence-corrected chi connectivity index (χ3v) is 3.88. The maximum atomic E-state index is 12.0. The molecule has 0 aromatic rings. The highest BCUT2D eigenvalue weighted by Crippen LogP contribution is 2.18. The minimum absolute atomic E-state index is 0.222. The molecule has 2 atom stereocenters. The molecule has 2 N–H and O–H groups in total. The van der Waals surface area contributed by atoms with Crippen LogP contribution in [0.1, 0.15) is 52.4 Å². The molecule has 110 valence electrons. The normalized spacial score (nSPS) is 20.3. The Bertz CT molecular complexity index is 307. The average Bonchev–Trinajstić information content (AvgIpc) is 2.88. The fourth-order valence-electron chi connectivity index (χ4n) is 2.54. The zero-order valence-electron chi connectivity index (χ0n) is 12.0. The highest BCUT2D eigenvalue weighted by Gasteiger charge is 2.33. The van der Waals surface area contributed by atoms with Gasteiger partial charge in [0.1, 0.15) is 6.04 Å². The van der Waals surface area contributed by atoms with Crippen molar-refractivity contribution in [1.29, 1.82) is 0 Å². The van der Waals surface area contributed by atoms with Gasteiger partial charge in [0.15, 0.2) is 0 Å². The van der Waals surface area contributed by atoms with E-state index in [-0.39, 0.29) is 6.03 Å². The number of carboxylic acid groups (broad SMARTS) is 1. The Morgan fingerprint density at radius 3 is 2.74 bits per heavy atom. The molecule has 0 spiro atoms. The van der Waals surface area contributed by atoms with Crippen LogP contribution in [0, 0.1) is 5.92 Å². The number of rotatable bonds is 7. The zero-order chi connectivity index (χ0) is 14.3. The predicted molar refractivity (Wildman–Crippen MR) is 74.1 cm³/mol. The molecule has 1 heterocycles. The van der Waals surface area contributed by atoms with Crippen LogP contribution in [0.2, 0.25) is 0 Å². The molecule has 0 aliphatic carbocycles. The summed E-state index contributed by atoms with van der Waals surface area (Å²) in [5, 5.41) is 11.9. The first-order valence-corrected chi connectivity index (χ1v) is 7.37. The number of unbranched alkanes of at least 4 members (excludes halogenated alkanes) is 1. The molecule has 1 rings (SSSR count). The molecule has 0 bridgehead atoms. The van der Waals surface area contributed by atoms with Crippen molar-refractivity contribution in [1.82, 2.24) is 10.2 Å². The lowest BCUT2D eigenvalue weighted by molar-refractivity contribution is -0.141. The van der Waals surface area contributed by atoms with Crippen molar-refractivity contribution < 1.29 is 14.7 Å². The van der Waals surface area contributed by atoms with Crippen molar-refractivity contribution in [3.05, 3.63) is 0 Å². The van der Waals surface area contributed by atoms with E-state index >= 15 is 0 Å². The number of likely N-dealkylation sites (tertiary alicyclic amines) is 1. The van der Waals surface area contributed by atoms with Gasteiger partial charge in [-0.05, 0) is 25.2 Å². The van der Waals surface area contributed by atoms with Crippen LogP contribution in [-0.2, 0) is 4.79 Å². The van der Waals surface area contributed by atoms with Gasteiger partial charge in [0.2, 0.25) is 0 Å². The number of carbonyl (C=O) groups is 2. The summed E-state index contributed by atoms with van der Waals surface area (Å²) in [6, 6.07) is -0.865. The van der Waals surface area contributed by atoms with Crippen LogP contribution in [0.4, 0.5) is 4.79 Å². The summed E-state index contributed by atoms with van der Waals surface area (Å²) in [5.41, 5.74) is 0.